The number of phenols is 1. The molecule has 0 heterocycles. The van der Waals surface area contributed by atoms with E-state index in [4.69, 9.17) is 9.47 Å². The first-order chi connectivity index (χ1) is 18.4. The van der Waals surface area contributed by atoms with E-state index in [0.29, 0.717) is 12.0 Å². The highest BCUT2D eigenvalue weighted by atomic mass is 16.6. The van der Waals surface area contributed by atoms with Crippen LogP contribution in [0.1, 0.15) is 84.7 Å². The van der Waals surface area contributed by atoms with Gasteiger partial charge in [-0.15, -0.1) is 0 Å². The largest absolute Gasteiger partial charge is 0.508 e. The molecule has 0 aromatic heterocycles. The van der Waals surface area contributed by atoms with E-state index in [2.05, 4.69) is 17.6 Å². The van der Waals surface area contributed by atoms with E-state index in [9.17, 15) is 29.4 Å². The first-order valence-corrected chi connectivity index (χ1v) is 13.6. The second-order valence-electron chi connectivity index (χ2n) is 10.2. The maximum absolute atomic E-state index is 13.7. The zero-order valence-corrected chi connectivity index (χ0v) is 23.8. The second-order valence-corrected chi connectivity index (χ2v) is 10.2. The minimum atomic E-state index is -1.36. The van der Waals surface area contributed by atoms with E-state index in [-0.39, 0.29) is 31.9 Å². The van der Waals surface area contributed by atoms with Crippen molar-refractivity contribution >= 4 is 23.9 Å². The number of aliphatic hydroxyl groups is 1. The fourth-order valence-electron chi connectivity index (χ4n) is 3.83. The lowest BCUT2D eigenvalue weighted by Crippen LogP contribution is -2.54. The molecule has 0 bridgehead atoms. The molecule has 0 fully saturated rings. The van der Waals surface area contributed by atoms with Crippen molar-refractivity contribution < 1.29 is 38.9 Å². The second kappa shape index (κ2) is 17.3. The molecule has 11 nitrogen and oxygen atoms in total. The summed E-state index contributed by atoms with van der Waals surface area (Å²) in [5, 5.41) is 24.9. The number of aliphatic hydroxyl groups excluding tert-OH is 1. The number of alkyl carbamates (subject to hydrolysis) is 1. The van der Waals surface area contributed by atoms with Gasteiger partial charge in [0, 0.05) is 13.1 Å². The number of nitrogens with one attached hydrogen (secondary N) is 2. The summed E-state index contributed by atoms with van der Waals surface area (Å²) < 4.78 is 10.2. The molecular formula is C28H45N3O8. The van der Waals surface area contributed by atoms with Crippen LogP contribution in [-0.4, -0.2) is 76.9 Å². The van der Waals surface area contributed by atoms with Gasteiger partial charge >= 0.3 is 12.1 Å². The lowest BCUT2D eigenvalue weighted by molar-refractivity contribution is -0.144. The summed E-state index contributed by atoms with van der Waals surface area (Å²) in [5.41, 5.74) is -0.406. The third-order valence-electron chi connectivity index (χ3n) is 5.66. The summed E-state index contributed by atoms with van der Waals surface area (Å²) >= 11 is 0. The first-order valence-electron chi connectivity index (χ1n) is 13.6. The van der Waals surface area contributed by atoms with E-state index >= 15 is 0 Å². The van der Waals surface area contributed by atoms with Gasteiger partial charge in [0.15, 0.2) is 0 Å². The number of esters is 1. The molecule has 0 radical (unpaired) electrons. The van der Waals surface area contributed by atoms with Crippen LogP contribution < -0.4 is 10.6 Å². The molecule has 0 spiro atoms. The van der Waals surface area contributed by atoms with Crippen molar-refractivity contribution in [3.63, 3.8) is 0 Å². The number of phenolic OH excluding ortho intramolecular Hbond substituents is 1. The van der Waals surface area contributed by atoms with Crippen LogP contribution in [-0.2, 0) is 23.9 Å². The van der Waals surface area contributed by atoms with Crippen molar-refractivity contribution in [1.82, 2.24) is 15.5 Å². The molecule has 0 aliphatic carbocycles. The maximum Gasteiger partial charge on any atom is 0.408 e. The third kappa shape index (κ3) is 12.8. The van der Waals surface area contributed by atoms with Gasteiger partial charge in [0.05, 0.1) is 19.6 Å². The number of benzene rings is 1. The maximum atomic E-state index is 13.7. The number of rotatable bonds is 16. The Hall–Kier alpha value is -3.34. The molecule has 0 aliphatic rings. The Kier molecular flexibility index (Phi) is 14.9. The predicted molar refractivity (Wildman–Crippen MR) is 146 cm³/mol. The minimum absolute atomic E-state index is 0.00956. The monoisotopic (exact) mass is 551 g/mol. The van der Waals surface area contributed by atoms with E-state index < -0.39 is 48.2 Å². The van der Waals surface area contributed by atoms with Crippen LogP contribution in [0.25, 0.3) is 0 Å². The van der Waals surface area contributed by atoms with Gasteiger partial charge in [-0.1, -0.05) is 44.7 Å². The number of amides is 3. The fourth-order valence-corrected chi connectivity index (χ4v) is 3.83. The SMILES string of the molecule is CCCCCCCN(C(=O)C(CO)NC(=O)OC(C)(C)C)C(C(=O)NCCC(=O)OCC)c1ccc(O)cc1. The van der Waals surface area contributed by atoms with Crippen LogP contribution in [0, 0.1) is 0 Å². The Balaban J connectivity index is 3.30. The van der Waals surface area contributed by atoms with Gasteiger partial charge in [-0.3, -0.25) is 14.4 Å². The first kappa shape index (κ1) is 33.7. The average molecular weight is 552 g/mol. The van der Waals surface area contributed by atoms with Crippen LogP contribution in [0.2, 0.25) is 0 Å². The van der Waals surface area contributed by atoms with Crippen molar-refractivity contribution in [1.29, 1.82) is 0 Å². The standard InChI is InChI=1S/C28H45N3O8/c1-6-8-9-10-11-18-31(26(36)22(19-32)30-27(37)39-28(3,4)5)24(20-12-14-21(33)15-13-20)25(35)29-17-16-23(34)38-7-2/h12-15,22,24,32-33H,6-11,16-19H2,1-5H3,(H,29,35)(H,30,37). The number of carbonyl (C=O) groups is 4. The average Bonchev–Trinajstić information content (AvgIpc) is 2.86. The third-order valence-corrected chi connectivity index (χ3v) is 5.66. The van der Waals surface area contributed by atoms with Gasteiger partial charge in [0.1, 0.15) is 23.4 Å². The molecule has 1 aromatic carbocycles. The molecule has 1 aromatic rings. The molecular weight excluding hydrogens is 506 g/mol. The Bertz CT molecular complexity index is 914. The normalized spacial score (nSPS) is 12.7. The molecule has 1 rings (SSSR count). The molecule has 0 aliphatic heterocycles. The van der Waals surface area contributed by atoms with Crippen molar-refractivity contribution in [3.8, 4) is 5.75 Å². The van der Waals surface area contributed by atoms with Crippen molar-refractivity contribution in [2.24, 2.45) is 0 Å². The number of ether oxygens (including phenoxy) is 2. The van der Waals surface area contributed by atoms with Crippen LogP contribution in [0.15, 0.2) is 24.3 Å². The van der Waals surface area contributed by atoms with Gasteiger partial charge < -0.3 is 35.2 Å². The summed E-state index contributed by atoms with van der Waals surface area (Å²) in [6.07, 6.45) is 3.49. The summed E-state index contributed by atoms with van der Waals surface area (Å²) in [4.78, 5) is 52.7. The summed E-state index contributed by atoms with van der Waals surface area (Å²) in [6.45, 7) is 8.46. The highest BCUT2D eigenvalue weighted by Crippen LogP contribution is 2.25. The van der Waals surface area contributed by atoms with Crippen LogP contribution in [0.4, 0.5) is 4.79 Å². The minimum Gasteiger partial charge on any atom is -0.508 e. The Morgan fingerprint density at radius 2 is 1.64 bits per heavy atom. The Labute approximate surface area is 231 Å². The molecule has 0 saturated carbocycles. The zero-order valence-electron chi connectivity index (χ0n) is 23.8. The molecule has 2 unspecified atom stereocenters. The lowest BCUT2D eigenvalue weighted by Gasteiger charge is -2.34. The highest BCUT2D eigenvalue weighted by Gasteiger charge is 2.36. The molecule has 0 saturated heterocycles. The molecule has 220 valence electrons. The summed E-state index contributed by atoms with van der Waals surface area (Å²) in [6, 6.07) is 3.35. The molecule has 3 amide bonds. The smallest absolute Gasteiger partial charge is 0.408 e. The number of carbonyl (C=O) groups excluding carboxylic acids is 4. The fraction of sp³-hybridized carbons (Fsp3) is 0.643. The van der Waals surface area contributed by atoms with Crippen molar-refractivity contribution in [2.75, 3.05) is 26.3 Å². The van der Waals surface area contributed by atoms with Gasteiger partial charge in [0.25, 0.3) is 0 Å². The number of nitrogens with zero attached hydrogens (tertiary/aromatic N) is 1. The molecule has 39 heavy (non-hydrogen) atoms. The molecule has 11 heteroatoms. The quantitative estimate of drug-likeness (QED) is 0.180. The Morgan fingerprint density at radius 1 is 1.00 bits per heavy atom. The van der Waals surface area contributed by atoms with E-state index in [1.165, 1.54) is 29.2 Å². The highest BCUT2D eigenvalue weighted by molar-refractivity contribution is 5.92. The summed E-state index contributed by atoms with van der Waals surface area (Å²) in [5.74, 6) is -1.71. The zero-order chi connectivity index (χ0) is 29.4. The van der Waals surface area contributed by atoms with E-state index in [0.717, 1.165) is 25.7 Å². The number of hydrogen-bond acceptors (Lipinski definition) is 8. The number of unbranched alkanes of at least 4 members (excludes halogenated alkanes) is 4. The van der Waals surface area contributed by atoms with Crippen LogP contribution in [0.5, 0.6) is 5.75 Å². The lowest BCUT2D eigenvalue weighted by atomic mass is 10.0. The van der Waals surface area contributed by atoms with Crippen LogP contribution in [0.3, 0.4) is 0 Å². The predicted octanol–water partition coefficient (Wildman–Crippen LogP) is 3.19. The van der Waals surface area contributed by atoms with E-state index in [1.807, 2.05) is 0 Å². The number of hydrogen-bond donors (Lipinski definition) is 4. The van der Waals surface area contributed by atoms with E-state index in [1.54, 1.807) is 27.7 Å². The van der Waals surface area contributed by atoms with Gasteiger partial charge in [0.2, 0.25) is 11.8 Å². The molecule has 2 atom stereocenters. The van der Waals surface area contributed by atoms with Gasteiger partial charge in [-0.25, -0.2) is 4.79 Å². The Morgan fingerprint density at radius 3 is 2.21 bits per heavy atom. The van der Waals surface area contributed by atoms with Gasteiger partial charge in [-0.2, -0.15) is 0 Å². The molecule has 4 N–H and O–H groups in total. The van der Waals surface area contributed by atoms with Crippen molar-refractivity contribution in [2.45, 2.75) is 90.8 Å². The number of aromatic hydroxyl groups is 1. The topological polar surface area (TPSA) is 154 Å². The van der Waals surface area contributed by atoms with Crippen molar-refractivity contribution in [3.05, 3.63) is 29.8 Å². The summed E-state index contributed by atoms with van der Waals surface area (Å²) in [7, 11) is 0. The van der Waals surface area contributed by atoms with Crippen LogP contribution >= 0.6 is 0 Å². The van der Waals surface area contributed by atoms with Gasteiger partial charge in [-0.05, 0) is 51.8 Å².